The first kappa shape index (κ1) is 22.8. The molecule has 1 aromatic heterocycles. The number of piperazine rings is 1. The van der Waals surface area contributed by atoms with E-state index in [1.54, 1.807) is 0 Å². The van der Waals surface area contributed by atoms with Gasteiger partial charge >= 0.3 is 0 Å². The molecule has 1 aliphatic rings. The van der Waals surface area contributed by atoms with Crippen LogP contribution >= 0.6 is 39.0 Å². The van der Waals surface area contributed by atoms with E-state index in [9.17, 15) is 9.59 Å². The highest BCUT2D eigenvalue weighted by Gasteiger charge is 2.21. The fraction of sp³-hybridized carbons (Fsp3) is 0.261. The summed E-state index contributed by atoms with van der Waals surface area (Å²) in [6.45, 7) is 3.06. The second-order valence-electron chi connectivity index (χ2n) is 7.29. The number of halogens is 1. The lowest BCUT2D eigenvalue weighted by atomic mass is 10.2. The van der Waals surface area contributed by atoms with E-state index in [-0.39, 0.29) is 17.6 Å². The summed E-state index contributed by atoms with van der Waals surface area (Å²) in [5.74, 6) is 0.472. The van der Waals surface area contributed by atoms with Crippen molar-refractivity contribution in [1.29, 1.82) is 0 Å². The number of nitrogens with zero attached hydrogens (tertiary/aromatic N) is 3. The van der Waals surface area contributed by atoms with Gasteiger partial charge in [0, 0.05) is 47.3 Å². The van der Waals surface area contributed by atoms with E-state index in [1.807, 2.05) is 52.7 Å². The van der Waals surface area contributed by atoms with Gasteiger partial charge in [-0.3, -0.25) is 9.59 Å². The minimum atomic E-state index is -0.145. The molecule has 0 bridgehead atoms. The maximum absolute atomic E-state index is 12.5. The summed E-state index contributed by atoms with van der Waals surface area (Å²) in [4.78, 5) is 33.4. The largest absolute Gasteiger partial charge is 0.368 e. The highest BCUT2D eigenvalue weighted by molar-refractivity contribution is 9.10. The van der Waals surface area contributed by atoms with E-state index < -0.39 is 0 Å². The van der Waals surface area contributed by atoms with E-state index in [1.165, 1.54) is 28.8 Å². The fourth-order valence-electron chi connectivity index (χ4n) is 3.41. The smallest absolute Gasteiger partial charge is 0.236 e. The van der Waals surface area contributed by atoms with Crippen LogP contribution in [0.1, 0.15) is 0 Å². The molecule has 6 nitrogen and oxygen atoms in total. The van der Waals surface area contributed by atoms with Crippen LogP contribution in [-0.2, 0) is 9.59 Å². The summed E-state index contributed by atoms with van der Waals surface area (Å²) >= 11 is 6.15. The molecular weight excluding hydrogens is 508 g/mol. The Morgan fingerprint density at radius 1 is 1.00 bits per heavy atom. The van der Waals surface area contributed by atoms with Crippen LogP contribution in [0.5, 0.6) is 0 Å². The topological polar surface area (TPSA) is 65.5 Å². The first-order valence-electron chi connectivity index (χ1n) is 10.3. The number of benzene rings is 2. The van der Waals surface area contributed by atoms with E-state index in [0.29, 0.717) is 24.0 Å². The van der Waals surface area contributed by atoms with Crippen molar-refractivity contribution in [3.05, 3.63) is 64.5 Å². The first-order chi connectivity index (χ1) is 15.6. The molecular formula is C23H23BrN4O2S2. The van der Waals surface area contributed by atoms with E-state index in [2.05, 4.69) is 43.3 Å². The van der Waals surface area contributed by atoms with Crippen LogP contribution in [0, 0.1) is 0 Å². The van der Waals surface area contributed by atoms with Gasteiger partial charge in [-0.25, -0.2) is 4.98 Å². The SMILES string of the molecule is O=C(CSCC(=O)N1CCN(c2ccccc2)CC1)Nc1nc(-c2ccc(Br)cc2)cs1. The molecule has 0 radical (unpaired) electrons. The summed E-state index contributed by atoms with van der Waals surface area (Å²) in [7, 11) is 0. The number of carbonyl (C=O) groups is 2. The van der Waals surface area contributed by atoms with Gasteiger partial charge < -0.3 is 15.1 Å². The highest BCUT2D eigenvalue weighted by Crippen LogP contribution is 2.26. The molecule has 1 fully saturated rings. The normalized spacial score (nSPS) is 13.8. The molecule has 0 aliphatic carbocycles. The maximum Gasteiger partial charge on any atom is 0.236 e. The third kappa shape index (κ3) is 6.11. The molecule has 0 saturated carbocycles. The van der Waals surface area contributed by atoms with Crippen LogP contribution in [0.2, 0.25) is 0 Å². The Bertz CT molecular complexity index is 1050. The summed E-state index contributed by atoms with van der Waals surface area (Å²) in [6, 6.07) is 18.1. The van der Waals surface area contributed by atoms with Gasteiger partial charge in [-0.15, -0.1) is 23.1 Å². The van der Waals surface area contributed by atoms with Crippen molar-refractivity contribution in [2.24, 2.45) is 0 Å². The van der Waals surface area contributed by atoms with Gasteiger partial charge in [0.2, 0.25) is 11.8 Å². The molecule has 1 saturated heterocycles. The third-order valence-corrected chi connectivity index (χ3v) is 7.31. The van der Waals surface area contributed by atoms with Crippen molar-refractivity contribution in [3.8, 4) is 11.3 Å². The predicted molar refractivity (Wildman–Crippen MR) is 136 cm³/mol. The van der Waals surface area contributed by atoms with E-state index in [4.69, 9.17) is 0 Å². The first-order valence-corrected chi connectivity index (χ1v) is 13.1. The molecule has 2 amide bonds. The number of aromatic nitrogens is 1. The predicted octanol–water partition coefficient (Wildman–Crippen LogP) is 4.59. The average Bonchev–Trinajstić information content (AvgIpc) is 3.28. The Labute approximate surface area is 204 Å². The average molecular weight is 532 g/mol. The summed E-state index contributed by atoms with van der Waals surface area (Å²) in [5, 5.41) is 5.32. The summed E-state index contributed by atoms with van der Waals surface area (Å²) in [6.07, 6.45) is 0. The Morgan fingerprint density at radius 3 is 2.44 bits per heavy atom. The third-order valence-electron chi connectivity index (χ3n) is 5.10. The van der Waals surface area contributed by atoms with Crippen molar-refractivity contribution >= 4 is 61.7 Å². The quantitative estimate of drug-likeness (QED) is 0.483. The summed E-state index contributed by atoms with van der Waals surface area (Å²) < 4.78 is 1.01. The molecule has 1 N–H and O–H groups in total. The molecule has 2 heterocycles. The van der Waals surface area contributed by atoms with Crippen LogP contribution < -0.4 is 10.2 Å². The van der Waals surface area contributed by atoms with Crippen molar-refractivity contribution in [1.82, 2.24) is 9.88 Å². The lowest BCUT2D eigenvalue weighted by molar-refractivity contribution is -0.128. The number of carbonyl (C=O) groups excluding carboxylic acids is 2. The fourth-order valence-corrected chi connectivity index (χ4v) is 5.13. The highest BCUT2D eigenvalue weighted by atomic mass is 79.9. The minimum absolute atomic E-state index is 0.0854. The van der Waals surface area contributed by atoms with E-state index in [0.717, 1.165) is 28.8 Å². The lowest BCUT2D eigenvalue weighted by Gasteiger charge is -2.36. The zero-order valence-electron chi connectivity index (χ0n) is 17.4. The molecule has 0 unspecified atom stereocenters. The Hall–Kier alpha value is -2.36. The zero-order valence-corrected chi connectivity index (χ0v) is 20.6. The van der Waals surface area contributed by atoms with Crippen LogP contribution in [-0.4, -0.2) is 59.4 Å². The van der Waals surface area contributed by atoms with Crippen molar-refractivity contribution < 1.29 is 9.59 Å². The second-order valence-corrected chi connectivity index (χ2v) is 10.0. The van der Waals surface area contributed by atoms with Gasteiger partial charge in [-0.2, -0.15) is 0 Å². The van der Waals surface area contributed by atoms with Crippen LogP contribution in [0.25, 0.3) is 11.3 Å². The van der Waals surface area contributed by atoms with Gasteiger partial charge in [0.05, 0.1) is 17.2 Å². The van der Waals surface area contributed by atoms with Gasteiger partial charge in [0.25, 0.3) is 0 Å². The van der Waals surface area contributed by atoms with Gasteiger partial charge in [0.15, 0.2) is 5.13 Å². The van der Waals surface area contributed by atoms with Crippen LogP contribution in [0.3, 0.4) is 0 Å². The number of hydrogen-bond acceptors (Lipinski definition) is 6. The number of anilines is 2. The number of thioether (sulfide) groups is 1. The molecule has 0 spiro atoms. The molecule has 1 aliphatic heterocycles. The Kier molecular flexibility index (Phi) is 7.83. The molecule has 4 rings (SSSR count). The van der Waals surface area contributed by atoms with Crippen molar-refractivity contribution in [2.45, 2.75) is 0 Å². The number of hydrogen-bond donors (Lipinski definition) is 1. The van der Waals surface area contributed by atoms with E-state index >= 15 is 0 Å². The van der Waals surface area contributed by atoms with Gasteiger partial charge in [-0.1, -0.05) is 46.3 Å². The van der Waals surface area contributed by atoms with Gasteiger partial charge in [-0.05, 0) is 24.3 Å². The maximum atomic E-state index is 12.5. The van der Waals surface area contributed by atoms with Crippen molar-refractivity contribution in [2.75, 3.05) is 47.9 Å². The minimum Gasteiger partial charge on any atom is -0.368 e. The molecule has 166 valence electrons. The number of nitrogens with one attached hydrogen (secondary N) is 1. The van der Waals surface area contributed by atoms with Crippen molar-refractivity contribution in [3.63, 3.8) is 0 Å². The second kappa shape index (κ2) is 11.0. The Morgan fingerprint density at radius 2 is 1.72 bits per heavy atom. The number of amides is 2. The lowest BCUT2D eigenvalue weighted by Crippen LogP contribution is -2.49. The molecule has 32 heavy (non-hydrogen) atoms. The molecule has 0 atom stereocenters. The standard InChI is InChI=1S/C23H23BrN4O2S2/c24-18-8-6-17(7-9-18)20-14-32-23(25-20)26-21(29)15-31-16-22(30)28-12-10-27(11-13-28)19-4-2-1-3-5-19/h1-9,14H,10-13,15-16H2,(H,25,26,29). The number of thiazole rings is 1. The van der Waals surface area contributed by atoms with Crippen LogP contribution in [0.15, 0.2) is 64.5 Å². The van der Waals surface area contributed by atoms with Gasteiger partial charge in [0.1, 0.15) is 0 Å². The molecule has 2 aromatic carbocycles. The zero-order chi connectivity index (χ0) is 22.3. The monoisotopic (exact) mass is 530 g/mol. The Balaban J connectivity index is 1.18. The molecule has 9 heteroatoms. The summed E-state index contributed by atoms with van der Waals surface area (Å²) in [5.41, 5.74) is 3.02. The number of para-hydroxylation sites is 1. The number of rotatable bonds is 7. The van der Waals surface area contributed by atoms with Crippen LogP contribution in [0.4, 0.5) is 10.8 Å². The molecule has 3 aromatic rings.